The number of benzene rings is 8. The third-order valence-electron chi connectivity index (χ3n) is 9.69. The highest BCUT2D eigenvalue weighted by molar-refractivity contribution is 6.21. The van der Waals surface area contributed by atoms with Crippen molar-refractivity contribution in [1.82, 2.24) is 0 Å². The fourth-order valence-electron chi connectivity index (χ4n) is 7.44. The smallest absolute Gasteiger partial charge is 0.137 e. The van der Waals surface area contributed by atoms with Gasteiger partial charge in [-0.15, -0.1) is 0 Å². The molecule has 0 saturated heterocycles. The summed E-state index contributed by atoms with van der Waals surface area (Å²) in [6.45, 7) is 0. The van der Waals surface area contributed by atoms with E-state index in [0.717, 1.165) is 71.7 Å². The zero-order chi connectivity index (χ0) is 32.3. The molecule has 230 valence electrons. The number of hydrogen-bond donors (Lipinski definition) is 0. The highest BCUT2D eigenvalue weighted by Gasteiger charge is 2.20. The molecule has 10 aromatic rings. The number of fused-ring (bicyclic) bond motifs is 8. The molecule has 3 heteroatoms. The van der Waals surface area contributed by atoms with Gasteiger partial charge in [0.05, 0.1) is 5.69 Å². The van der Waals surface area contributed by atoms with E-state index in [0.29, 0.717) is 0 Å². The van der Waals surface area contributed by atoms with E-state index in [-0.39, 0.29) is 0 Å². The molecular weight excluding hydrogens is 599 g/mol. The van der Waals surface area contributed by atoms with Gasteiger partial charge in [-0.1, -0.05) is 115 Å². The molecule has 3 nitrogen and oxygen atoms in total. The molecule has 0 bridgehead atoms. The Morgan fingerprint density at radius 3 is 1.69 bits per heavy atom. The van der Waals surface area contributed by atoms with Gasteiger partial charge in [-0.05, 0) is 82.2 Å². The average molecular weight is 628 g/mol. The Kier molecular flexibility index (Phi) is 6.18. The van der Waals surface area contributed by atoms with Crippen molar-refractivity contribution in [2.45, 2.75) is 0 Å². The largest absolute Gasteiger partial charge is 0.456 e. The Bertz CT molecular complexity index is 2830. The van der Waals surface area contributed by atoms with Gasteiger partial charge in [-0.25, -0.2) is 0 Å². The van der Waals surface area contributed by atoms with Crippen LogP contribution in [0.4, 0.5) is 17.1 Å². The topological polar surface area (TPSA) is 29.5 Å². The van der Waals surface area contributed by atoms with Crippen molar-refractivity contribution >= 4 is 71.7 Å². The molecule has 0 saturated carbocycles. The monoisotopic (exact) mass is 627 g/mol. The number of nitrogens with zero attached hydrogens (tertiary/aromatic N) is 1. The van der Waals surface area contributed by atoms with Gasteiger partial charge in [-0.2, -0.15) is 0 Å². The van der Waals surface area contributed by atoms with Crippen molar-refractivity contribution in [2.75, 3.05) is 4.90 Å². The molecule has 0 aliphatic heterocycles. The summed E-state index contributed by atoms with van der Waals surface area (Å²) in [6, 6.07) is 62.0. The molecule has 0 aliphatic carbocycles. The van der Waals surface area contributed by atoms with Crippen molar-refractivity contribution in [3.8, 4) is 22.3 Å². The summed E-state index contributed by atoms with van der Waals surface area (Å²) in [5.41, 5.74) is 11.5. The fraction of sp³-hybridized carbons (Fsp3) is 0. The lowest BCUT2D eigenvalue weighted by Crippen LogP contribution is -2.10. The molecule has 0 aliphatic rings. The van der Waals surface area contributed by atoms with Crippen molar-refractivity contribution in [3.05, 3.63) is 176 Å². The molecule has 0 atom stereocenters. The first-order valence-electron chi connectivity index (χ1n) is 16.6. The number of rotatable bonds is 5. The fourth-order valence-corrected chi connectivity index (χ4v) is 7.44. The zero-order valence-corrected chi connectivity index (χ0v) is 26.5. The van der Waals surface area contributed by atoms with E-state index < -0.39 is 0 Å². The van der Waals surface area contributed by atoms with Crippen LogP contribution in [0.1, 0.15) is 0 Å². The van der Waals surface area contributed by atoms with E-state index in [4.69, 9.17) is 8.83 Å². The van der Waals surface area contributed by atoms with Crippen molar-refractivity contribution < 1.29 is 8.83 Å². The van der Waals surface area contributed by atoms with E-state index in [1.807, 2.05) is 24.3 Å². The zero-order valence-electron chi connectivity index (χ0n) is 26.5. The molecule has 0 radical (unpaired) electrons. The van der Waals surface area contributed by atoms with Gasteiger partial charge in [0.2, 0.25) is 0 Å². The standard InChI is InChI=1S/C46H29NO2/c1-2-11-30(12-3-1)34-13-4-5-14-35(34)31-21-23-32(24-22-31)47(33-25-26-38-37-15-6-8-19-42(37)49-45(38)29-33)41-18-10-17-39-36(41)27-28-44-46(39)40-16-7-9-20-43(40)48-44/h1-29H. The Balaban J connectivity index is 1.18. The van der Waals surface area contributed by atoms with Crippen LogP contribution in [0.15, 0.2) is 185 Å². The van der Waals surface area contributed by atoms with Crippen molar-refractivity contribution in [3.63, 3.8) is 0 Å². The Morgan fingerprint density at radius 2 is 0.898 bits per heavy atom. The first kappa shape index (κ1) is 27.5. The maximum Gasteiger partial charge on any atom is 0.137 e. The van der Waals surface area contributed by atoms with Gasteiger partial charge >= 0.3 is 0 Å². The summed E-state index contributed by atoms with van der Waals surface area (Å²) in [5, 5.41) is 6.79. The third kappa shape index (κ3) is 4.44. The lowest BCUT2D eigenvalue weighted by Gasteiger charge is -2.27. The van der Waals surface area contributed by atoms with Gasteiger partial charge in [-0.3, -0.25) is 0 Å². The average Bonchev–Trinajstić information content (AvgIpc) is 3.74. The van der Waals surface area contributed by atoms with Gasteiger partial charge in [0.1, 0.15) is 22.3 Å². The van der Waals surface area contributed by atoms with Gasteiger partial charge in [0.15, 0.2) is 0 Å². The SMILES string of the molecule is c1ccc(-c2ccccc2-c2ccc(N(c3ccc4c(c3)oc3ccccc34)c3cccc4c3ccc3oc5ccccc5c34)cc2)cc1. The lowest BCUT2D eigenvalue weighted by molar-refractivity contribution is 0.668. The highest BCUT2D eigenvalue weighted by atomic mass is 16.3. The quantitative estimate of drug-likeness (QED) is 0.190. The number of furan rings is 2. The minimum atomic E-state index is 0.862. The summed E-state index contributed by atoms with van der Waals surface area (Å²) in [5.74, 6) is 0. The number of para-hydroxylation sites is 2. The molecule has 0 N–H and O–H groups in total. The molecular formula is C46H29NO2. The highest BCUT2D eigenvalue weighted by Crippen LogP contribution is 2.44. The molecule has 0 spiro atoms. The summed E-state index contributed by atoms with van der Waals surface area (Å²) in [4.78, 5) is 2.34. The van der Waals surface area contributed by atoms with Crippen molar-refractivity contribution in [1.29, 1.82) is 0 Å². The van der Waals surface area contributed by atoms with E-state index in [1.165, 1.54) is 22.3 Å². The first-order chi connectivity index (χ1) is 24.3. The van der Waals surface area contributed by atoms with Crippen LogP contribution in [0, 0.1) is 0 Å². The van der Waals surface area contributed by atoms with Gasteiger partial charge in [0, 0.05) is 44.4 Å². The second-order valence-electron chi connectivity index (χ2n) is 12.5. The van der Waals surface area contributed by atoms with E-state index in [2.05, 4.69) is 157 Å². The molecule has 8 aromatic carbocycles. The van der Waals surface area contributed by atoms with Gasteiger partial charge in [0.25, 0.3) is 0 Å². The van der Waals surface area contributed by atoms with Crippen LogP contribution in [0.3, 0.4) is 0 Å². The number of anilines is 3. The van der Waals surface area contributed by atoms with E-state index >= 15 is 0 Å². The molecule has 49 heavy (non-hydrogen) atoms. The predicted molar refractivity (Wildman–Crippen MR) is 204 cm³/mol. The van der Waals surface area contributed by atoms with Crippen LogP contribution < -0.4 is 4.90 Å². The summed E-state index contributed by atoms with van der Waals surface area (Å²) >= 11 is 0. The maximum absolute atomic E-state index is 6.39. The summed E-state index contributed by atoms with van der Waals surface area (Å²) in [6.07, 6.45) is 0. The van der Waals surface area contributed by atoms with Crippen molar-refractivity contribution in [2.24, 2.45) is 0 Å². The van der Waals surface area contributed by atoms with Crippen LogP contribution in [0.2, 0.25) is 0 Å². The summed E-state index contributed by atoms with van der Waals surface area (Å²) < 4.78 is 12.7. The van der Waals surface area contributed by atoms with E-state index in [1.54, 1.807) is 0 Å². The molecule has 0 amide bonds. The maximum atomic E-state index is 6.39. The van der Waals surface area contributed by atoms with Crippen LogP contribution in [0.5, 0.6) is 0 Å². The Labute approximate surface area is 282 Å². The Morgan fingerprint density at radius 1 is 0.327 bits per heavy atom. The van der Waals surface area contributed by atoms with Crippen LogP contribution in [-0.2, 0) is 0 Å². The van der Waals surface area contributed by atoms with E-state index in [9.17, 15) is 0 Å². The predicted octanol–water partition coefficient (Wildman–Crippen LogP) is 13.4. The summed E-state index contributed by atoms with van der Waals surface area (Å²) in [7, 11) is 0. The van der Waals surface area contributed by atoms with Crippen LogP contribution >= 0.6 is 0 Å². The van der Waals surface area contributed by atoms with Gasteiger partial charge < -0.3 is 13.7 Å². The molecule has 0 fully saturated rings. The minimum Gasteiger partial charge on any atom is -0.456 e. The normalized spacial score (nSPS) is 11.7. The second-order valence-corrected chi connectivity index (χ2v) is 12.5. The van der Waals surface area contributed by atoms with Crippen LogP contribution in [0.25, 0.3) is 76.9 Å². The first-order valence-corrected chi connectivity index (χ1v) is 16.6. The minimum absolute atomic E-state index is 0.862. The Hall–Kier alpha value is -6.58. The van der Waals surface area contributed by atoms with Crippen LogP contribution in [-0.4, -0.2) is 0 Å². The lowest BCUT2D eigenvalue weighted by atomic mass is 9.94. The molecule has 2 aromatic heterocycles. The third-order valence-corrected chi connectivity index (χ3v) is 9.69. The molecule has 10 rings (SSSR count). The molecule has 0 unspecified atom stereocenters. The molecule has 2 heterocycles. The number of hydrogen-bond acceptors (Lipinski definition) is 3. The second kappa shape index (κ2) is 11.0.